The van der Waals surface area contributed by atoms with Crippen molar-refractivity contribution in [1.82, 2.24) is 10.9 Å². The number of nitrogens with one attached hydrogen (secondary N) is 2. The van der Waals surface area contributed by atoms with Crippen molar-refractivity contribution < 1.29 is 14.3 Å². The summed E-state index contributed by atoms with van der Waals surface area (Å²) in [5, 5.41) is 0. The molecule has 0 unspecified atom stereocenters. The smallest absolute Gasteiger partial charge is 0.269 e. The largest absolute Gasteiger partial charge is 0.497 e. The van der Waals surface area contributed by atoms with E-state index in [0.717, 1.165) is 11.1 Å². The number of carbonyl (C=O) groups excluding carboxylic acids is 2. The predicted octanol–water partition coefficient (Wildman–Crippen LogP) is 2.39. The molecule has 2 amide bonds. The van der Waals surface area contributed by atoms with Crippen LogP contribution in [0.4, 0.5) is 0 Å². The molecule has 0 aromatic heterocycles. The van der Waals surface area contributed by atoms with Crippen LogP contribution in [0, 0.1) is 13.8 Å². The molecule has 0 fully saturated rings. The molecule has 0 radical (unpaired) electrons. The molecule has 22 heavy (non-hydrogen) atoms. The predicted molar refractivity (Wildman–Crippen MR) is 83.8 cm³/mol. The first kappa shape index (κ1) is 15.6. The zero-order valence-corrected chi connectivity index (χ0v) is 12.8. The van der Waals surface area contributed by atoms with E-state index in [9.17, 15) is 9.59 Å². The molecule has 0 aliphatic heterocycles. The molecule has 114 valence electrons. The fourth-order valence-electron chi connectivity index (χ4n) is 2.09. The number of benzene rings is 2. The Balaban J connectivity index is 2.02. The van der Waals surface area contributed by atoms with Crippen LogP contribution in [0.1, 0.15) is 31.8 Å². The van der Waals surface area contributed by atoms with Gasteiger partial charge in [-0.3, -0.25) is 20.4 Å². The molecule has 5 nitrogen and oxygen atoms in total. The minimum absolute atomic E-state index is 0.353. The maximum atomic E-state index is 12.1. The number of methoxy groups -OCH3 is 1. The van der Waals surface area contributed by atoms with E-state index >= 15 is 0 Å². The van der Waals surface area contributed by atoms with Crippen LogP contribution in [0.25, 0.3) is 0 Å². The fourth-order valence-corrected chi connectivity index (χ4v) is 2.09. The Kier molecular flexibility index (Phi) is 4.78. The molecule has 2 aromatic rings. The second kappa shape index (κ2) is 6.76. The number of ether oxygens (including phenoxy) is 1. The maximum absolute atomic E-state index is 12.1. The maximum Gasteiger partial charge on any atom is 0.269 e. The number of rotatable bonds is 3. The van der Waals surface area contributed by atoms with Gasteiger partial charge in [0.1, 0.15) is 5.75 Å². The van der Waals surface area contributed by atoms with E-state index in [1.807, 2.05) is 26.0 Å². The lowest BCUT2D eigenvalue weighted by Crippen LogP contribution is -2.41. The van der Waals surface area contributed by atoms with Gasteiger partial charge in [0, 0.05) is 11.1 Å². The minimum atomic E-state index is -0.406. The van der Waals surface area contributed by atoms with E-state index in [1.54, 1.807) is 30.3 Å². The lowest BCUT2D eigenvalue weighted by Gasteiger charge is -2.10. The van der Waals surface area contributed by atoms with Crippen LogP contribution in [0.3, 0.4) is 0 Å². The van der Waals surface area contributed by atoms with Gasteiger partial charge in [-0.2, -0.15) is 0 Å². The van der Waals surface area contributed by atoms with Crippen molar-refractivity contribution in [2.24, 2.45) is 0 Å². The Morgan fingerprint density at radius 2 is 1.68 bits per heavy atom. The van der Waals surface area contributed by atoms with E-state index in [2.05, 4.69) is 10.9 Å². The van der Waals surface area contributed by atoms with Gasteiger partial charge in [-0.15, -0.1) is 0 Å². The molecule has 2 rings (SSSR count). The molecule has 2 N–H and O–H groups in total. The highest BCUT2D eigenvalue weighted by Crippen LogP contribution is 2.12. The Morgan fingerprint density at radius 1 is 0.955 bits per heavy atom. The van der Waals surface area contributed by atoms with Crippen molar-refractivity contribution >= 4 is 11.8 Å². The topological polar surface area (TPSA) is 67.4 Å². The van der Waals surface area contributed by atoms with E-state index in [4.69, 9.17) is 4.74 Å². The second-order valence-electron chi connectivity index (χ2n) is 4.96. The first-order chi connectivity index (χ1) is 10.5. The third kappa shape index (κ3) is 3.63. The van der Waals surface area contributed by atoms with Crippen LogP contribution in [0.2, 0.25) is 0 Å². The summed E-state index contributed by atoms with van der Waals surface area (Å²) in [5.74, 6) is -0.181. The molecule has 2 aromatic carbocycles. The first-order valence-electron chi connectivity index (χ1n) is 6.83. The molecule has 0 bridgehead atoms. The van der Waals surface area contributed by atoms with Gasteiger partial charge in [-0.05, 0) is 43.7 Å². The number of aryl methyl sites for hydroxylation is 2. The quantitative estimate of drug-likeness (QED) is 0.855. The van der Waals surface area contributed by atoms with Gasteiger partial charge in [0.25, 0.3) is 11.8 Å². The lowest BCUT2D eigenvalue weighted by molar-refractivity contribution is 0.0846. The summed E-state index contributed by atoms with van der Waals surface area (Å²) in [6.07, 6.45) is 0. The van der Waals surface area contributed by atoms with E-state index < -0.39 is 5.91 Å². The lowest BCUT2D eigenvalue weighted by atomic mass is 10.1. The number of hydrogen-bond donors (Lipinski definition) is 2. The van der Waals surface area contributed by atoms with Gasteiger partial charge in [0.2, 0.25) is 0 Å². The van der Waals surface area contributed by atoms with Crippen LogP contribution >= 0.6 is 0 Å². The summed E-state index contributed by atoms with van der Waals surface area (Å²) in [5.41, 5.74) is 7.67. The van der Waals surface area contributed by atoms with Crippen molar-refractivity contribution in [2.45, 2.75) is 13.8 Å². The summed E-state index contributed by atoms with van der Waals surface area (Å²) in [6, 6.07) is 12.2. The Hall–Kier alpha value is -2.82. The van der Waals surface area contributed by atoms with Gasteiger partial charge in [-0.1, -0.05) is 23.8 Å². The molecule has 0 atom stereocenters. The third-order valence-electron chi connectivity index (χ3n) is 3.25. The molecular weight excluding hydrogens is 280 g/mol. The SMILES string of the molecule is COc1cccc(C(=O)NNC(=O)c2ccc(C)cc2C)c1. The third-order valence-corrected chi connectivity index (χ3v) is 3.25. The van der Waals surface area contributed by atoms with E-state index in [-0.39, 0.29) is 5.91 Å². The Morgan fingerprint density at radius 3 is 2.36 bits per heavy atom. The number of carbonyl (C=O) groups is 2. The Bertz CT molecular complexity index is 711. The van der Waals surface area contributed by atoms with Crippen LogP contribution in [0.15, 0.2) is 42.5 Å². The van der Waals surface area contributed by atoms with Gasteiger partial charge < -0.3 is 4.74 Å². The zero-order valence-electron chi connectivity index (χ0n) is 12.8. The molecule has 0 heterocycles. The summed E-state index contributed by atoms with van der Waals surface area (Å²) >= 11 is 0. The summed E-state index contributed by atoms with van der Waals surface area (Å²) in [4.78, 5) is 24.1. The number of hydrazine groups is 1. The minimum Gasteiger partial charge on any atom is -0.497 e. The average Bonchev–Trinajstić information content (AvgIpc) is 2.52. The molecule has 0 aliphatic carbocycles. The standard InChI is InChI=1S/C17H18N2O3/c1-11-7-8-15(12(2)9-11)17(21)19-18-16(20)13-5-4-6-14(10-13)22-3/h4-10H,1-3H3,(H,18,20)(H,19,21). The van der Waals surface area contributed by atoms with E-state index in [1.165, 1.54) is 7.11 Å². The van der Waals surface area contributed by atoms with Crippen LogP contribution < -0.4 is 15.6 Å². The van der Waals surface area contributed by atoms with Gasteiger partial charge >= 0.3 is 0 Å². The molecule has 0 saturated carbocycles. The van der Waals surface area contributed by atoms with Crippen molar-refractivity contribution in [3.8, 4) is 5.75 Å². The first-order valence-corrected chi connectivity index (χ1v) is 6.83. The highest BCUT2D eigenvalue weighted by Gasteiger charge is 2.11. The second-order valence-corrected chi connectivity index (χ2v) is 4.96. The zero-order chi connectivity index (χ0) is 16.1. The van der Waals surface area contributed by atoms with Crippen molar-refractivity contribution in [2.75, 3.05) is 7.11 Å². The summed E-state index contributed by atoms with van der Waals surface area (Å²) in [7, 11) is 1.53. The van der Waals surface area contributed by atoms with Crippen molar-refractivity contribution in [3.63, 3.8) is 0 Å². The van der Waals surface area contributed by atoms with Crippen LogP contribution in [0.5, 0.6) is 5.75 Å². The van der Waals surface area contributed by atoms with Crippen molar-refractivity contribution in [3.05, 3.63) is 64.7 Å². The van der Waals surface area contributed by atoms with Crippen molar-refractivity contribution in [1.29, 1.82) is 0 Å². The van der Waals surface area contributed by atoms with Crippen LogP contribution in [-0.2, 0) is 0 Å². The highest BCUT2D eigenvalue weighted by atomic mass is 16.5. The molecule has 0 aliphatic rings. The number of amides is 2. The molecule has 5 heteroatoms. The average molecular weight is 298 g/mol. The summed E-state index contributed by atoms with van der Waals surface area (Å²) < 4.78 is 5.06. The van der Waals surface area contributed by atoms with Gasteiger partial charge in [0.05, 0.1) is 7.11 Å². The normalized spacial score (nSPS) is 9.95. The Labute approximate surface area is 129 Å². The molecule has 0 saturated heterocycles. The van der Waals surface area contributed by atoms with Gasteiger partial charge in [-0.25, -0.2) is 0 Å². The number of hydrogen-bond acceptors (Lipinski definition) is 3. The monoisotopic (exact) mass is 298 g/mol. The molecular formula is C17H18N2O3. The fraction of sp³-hybridized carbons (Fsp3) is 0.176. The summed E-state index contributed by atoms with van der Waals surface area (Å²) in [6.45, 7) is 3.81. The van der Waals surface area contributed by atoms with Gasteiger partial charge in [0.15, 0.2) is 0 Å². The highest BCUT2D eigenvalue weighted by molar-refractivity contribution is 5.99. The van der Waals surface area contributed by atoms with E-state index in [0.29, 0.717) is 16.9 Å². The van der Waals surface area contributed by atoms with Crippen LogP contribution in [-0.4, -0.2) is 18.9 Å². The molecule has 0 spiro atoms.